The summed E-state index contributed by atoms with van der Waals surface area (Å²) in [6.45, 7) is 2.73. The molecule has 0 aromatic carbocycles. The van der Waals surface area contributed by atoms with E-state index in [9.17, 15) is 4.79 Å². The smallest absolute Gasteiger partial charge is 0.277 e. The maximum Gasteiger partial charge on any atom is 0.277 e. The Balaban J connectivity index is 1.81. The molecule has 0 unspecified atom stereocenters. The van der Waals surface area contributed by atoms with Crippen molar-refractivity contribution in [3.63, 3.8) is 0 Å². The monoisotopic (exact) mass is 304 g/mol. The van der Waals surface area contributed by atoms with Crippen molar-refractivity contribution in [3.05, 3.63) is 33.8 Å². The van der Waals surface area contributed by atoms with Gasteiger partial charge in [0.05, 0.1) is 17.9 Å². The zero-order valence-electron chi connectivity index (χ0n) is 12.1. The van der Waals surface area contributed by atoms with Crippen LogP contribution >= 0.6 is 11.3 Å². The van der Waals surface area contributed by atoms with Crippen molar-refractivity contribution in [3.8, 4) is 0 Å². The van der Waals surface area contributed by atoms with Crippen molar-refractivity contribution in [2.45, 2.75) is 45.2 Å². The van der Waals surface area contributed by atoms with E-state index in [4.69, 9.17) is 5.73 Å². The molecule has 1 fully saturated rings. The lowest BCUT2D eigenvalue weighted by Crippen LogP contribution is -2.33. The number of H-pyrrole nitrogens is 1. The fourth-order valence-corrected chi connectivity index (χ4v) is 3.15. The van der Waals surface area contributed by atoms with Crippen LogP contribution in [0, 0.1) is 0 Å². The number of rotatable bonds is 6. The molecule has 0 spiro atoms. The summed E-state index contributed by atoms with van der Waals surface area (Å²) in [5.74, 6) is -0.0537. The van der Waals surface area contributed by atoms with Crippen LogP contribution in [0.15, 0.2) is 17.5 Å². The predicted molar refractivity (Wildman–Crippen MR) is 84.2 cm³/mol. The molecule has 0 aliphatic heterocycles. The normalized spacial score (nSPS) is 14.3. The Hall–Kier alpha value is -1.82. The molecule has 1 aliphatic carbocycles. The molecule has 6 heteroatoms. The lowest BCUT2D eigenvalue weighted by Gasteiger charge is -2.21. The number of nitrogens with zero attached hydrogens (tertiary/aromatic N) is 2. The molecule has 2 heterocycles. The van der Waals surface area contributed by atoms with Crippen molar-refractivity contribution in [2.24, 2.45) is 0 Å². The molecule has 0 bridgehead atoms. The van der Waals surface area contributed by atoms with Gasteiger partial charge in [-0.05, 0) is 30.7 Å². The Morgan fingerprint density at radius 3 is 3.00 bits per heavy atom. The van der Waals surface area contributed by atoms with Gasteiger partial charge < -0.3 is 10.6 Å². The van der Waals surface area contributed by atoms with E-state index >= 15 is 0 Å². The van der Waals surface area contributed by atoms with Crippen molar-refractivity contribution in [1.29, 1.82) is 0 Å². The van der Waals surface area contributed by atoms with Gasteiger partial charge in [-0.25, -0.2) is 0 Å². The minimum Gasteiger partial charge on any atom is -0.395 e. The number of amides is 1. The molecule has 0 atom stereocenters. The van der Waals surface area contributed by atoms with Crippen LogP contribution in [0.1, 0.15) is 47.2 Å². The molecular formula is C15H20N4OS. The third kappa shape index (κ3) is 2.95. The molecule has 0 saturated heterocycles. The van der Waals surface area contributed by atoms with Crippen molar-refractivity contribution in [2.75, 3.05) is 5.73 Å². The quantitative estimate of drug-likeness (QED) is 0.861. The van der Waals surface area contributed by atoms with Gasteiger partial charge in [0, 0.05) is 10.9 Å². The summed E-state index contributed by atoms with van der Waals surface area (Å²) < 4.78 is 0. The van der Waals surface area contributed by atoms with E-state index in [-0.39, 0.29) is 5.91 Å². The van der Waals surface area contributed by atoms with E-state index in [0.717, 1.165) is 31.4 Å². The van der Waals surface area contributed by atoms with Crippen LogP contribution in [-0.2, 0) is 13.0 Å². The second-order valence-electron chi connectivity index (χ2n) is 5.46. The van der Waals surface area contributed by atoms with Gasteiger partial charge in [-0.2, -0.15) is 5.10 Å². The van der Waals surface area contributed by atoms with E-state index in [1.54, 1.807) is 11.3 Å². The lowest BCUT2D eigenvalue weighted by atomic mass is 10.2. The molecule has 2 aromatic rings. The number of carbonyl (C=O) groups is 1. The number of aryl methyl sites for hydroxylation is 1. The highest BCUT2D eigenvalue weighted by Gasteiger charge is 2.35. The predicted octanol–water partition coefficient (Wildman–Crippen LogP) is 2.81. The van der Waals surface area contributed by atoms with Gasteiger partial charge in [-0.1, -0.05) is 19.4 Å². The Labute approximate surface area is 128 Å². The topological polar surface area (TPSA) is 75.0 Å². The first-order chi connectivity index (χ1) is 10.2. The fraction of sp³-hybridized carbons (Fsp3) is 0.467. The van der Waals surface area contributed by atoms with E-state index in [1.165, 1.54) is 4.88 Å². The van der Waals surface area contributed by atoms with Crippen LogP contribution in [0.25, 0.3) is 0 Å². The van der Waals surface area contributed by atoms with E-state index in [2.05, 4.69) is 23.2 Å². The SMILES string of the molecule is CCCc1[nH]nc(C(=O)N(Cc2cccs2)C2CC2)c1N. The highest BCUT2D eigenvalue weighted by atomic mass is 32.1. The Morgan fingerprint density at radius 1 is 1.57 bits per heavy atom. The molecule has 2 aromatic heterocycles. The highest BCUT2D eigenvalue weighted by Crippen LogP contribution is 2.31. The molecule has 3 N–H and O–H groups in total. The average Bonchev–Trinajstić information content (AvgIpc) is 3.07. The summed E-state index contributed by atoms with van der Waals surface area (Å²) in [4.78, 5) is 15.9. The van der Waals surface area contributed by atoms with Crippen LogP contribution in [-0.4, -0.2) is 27.0 Å². The summed E-state index contributed by atoms with van der Waals surface area (Å²) in [5.41, 5.74) is 7.84. The molecule has 21 heavy (non-hydrogen) atoms. The summed E-state index contributed by atoms with van der Waals surface area (Å²) >= 11 is 1.67. The Morgan fingerprint density at radius 2 is 2.38 bits per heavy atom. The number of aromatic nitrogens is 2. The van der Waals surface area contributed by atoms with Gasteiger partial charge in [-0.3, -0.25) is 9.89 Å². The number of thiophene rings is 1. The number of aromatic amines is 1. The minimum absolute atomic E-state index is 0.0537. The average molecular weight is 304 g/mol. The van der Waals surface area contributed by atoms with Crippen molar-refractivity contribution < 1.29 is 4.79 Å². The van der Waals surface area contributed by atoms with E-state index in [1.807, 2.05) is 16.3 Å². The number of hydrogen-bond acceptors (Lipinski definition) is 4. The number of anilines is 1. The third-order valence-corrected chi connectivity index (χ3v) is 4.60. The minimum atomic E-state index is -0.0537. The first kappa shape index (κ1) is 14.1. The largest absolute Gasteiger partial charge is 0.395 e. The lowest BCUT2D eigenvalue weighted by molar-refractivity contribution is 0.0726. The van der Waals surface area contributed by atoms with Crippen molar-refractivity contribution >= 4 is 22.9 Å². The molecule has 1 saturated carbocycles. The summed E-state index contributed by atoms with van der Waals surface area (Å²) in [5, 5.41) is 9.10. The number of hydrogen-bond donors (Lipinski definition) is 2. The maximum atomic E-state index is 12.8. The third-order valence-electron chi connectivity index (χ3n) is 3.74. The first-order valence-corrected chi connectivity index (χ1v) is 8.24. The Kier molecular flexibility index (Phi) is 3.96. The van der Waals surface area contributed by atoms with Crippen LogP contribution in [0.4, 0.5) is 5.69 Å². The number of nitrogens with one attached hydrogen (secondary N) is 1. The van der Waals surface area contributed by atoms with Crippen molar-refractivity contribution in [1.82, 2.24) is 15.1 Å². The van der Waals surface area contributed by atoms with Gasteiger partial charge in [-0.15, -0.1) is 11.3 Å². The molecule has 5 nitrogen and oxygen atoms in total. The maximum absolute atomic E-state index is 12.8. The molecular weight excluding hydrogens is 284 g/mol. The van der Waals surface area contributed by atoms with Crippen LogP contribution in [0.2, 0.25) is 0 Å². The molecule has 0 radical (unpaired) electrons. The number of nitrogen functional groups attached to an aromatic ring is 1. The van der Waals surface area contributed by atoms with Gasteiger partial charge in [0.2, 0.25) is 0 Å². The number of nitrogens with two attached hydrogens (primary N) is 1. The summed E-state index contributed by atoms with van der Waals surface area (Å²) in [6.07, 6.45) is 3.94. The number of carbonyl (C=O) groups excluding carboxylic acids is 1. The van der Waals surface area contributed by atoms with Gasteiger partial charge >= 0.3 is 0 Å². The fourth-order valence-electron chi connectivity index (χ4n) is 2.45. The van der Waals surface area contributed by atoms with Gasteiger partial charge in [0.15, 0.2) is 5.69 Å². The first-order valence-electron chi connectivity index (χ1n) is 7.36. The highest BCUT2D eigenvalue weighted by molar-refractivity contribution is 7.09. The zero-order chi connectivity index (χ0) is 14.8. The summed E-state index contributed by atoms with van der Waals surface area (Å²) in [6, 6.07) is 4.41. The summed E-state index contributed by atoms with van der Waals surface area (Å²) in [7, 11) is 0. The Bertz CT molecular complexity index is 616. The van der Waals surface area contributed by atoms with Crippen LogP contribution < -0.4 is 5.73 Å². The molecule has 112 valence electrons. The van der Waals surface area contributed by atoms with Gasteiger partial charge in [0.25, 0.3) is 5.91 Å². The van der Waals surface area contributed by atoms with Gasteiger partial charge in [0.1, 0.15) is 0 Å². The van der Waals surface area contributed by atoms with E-state index < -0.39 is 0 Å². The zero-order valence-corrected chi connectivity index (χ0v) is 12.9. The second-order valence-corrected chi connectivity index (χ2v) is 6.49. The molecule has 3 rings (SSSR count). The van der Waals surface area contributed by atoms with Crippen LogP contribution in [0.3, 0.4) is 0 Å². The molecule has 1 amide bonds. The van der Waals surface area contributed by atoms with E-state index in [0.29, 0.717) is 24.0 Å². The molecule has 1 aliphatic rings. The second kappa shape index (κ2) is 5.89. The van der Waals surface area contributed by atoms with Crippen LogP contribution in [0.5, 0.6) is 0 Å². The standard InChI is InChI=1S/C15H20N4OS/c1-2-4-12-13(16)14(18-17-12)15(20)19(10-6-7-10)9-11-5-3-8-21-11/h3,5,8,10H,2,4,6-7,9,16H2,1H3,(H,17,18).